The Kier molecular flexibility index (Phi) is 5.05. The van der Waals surface area contributed by atoms with E-state index in [0.29, 0.717) is 31.3 Å². The molecule has 124 valence electrons. The number of rotatable bonds is 5. The van der Waals surface area contributed by atoms with Crippen LogP contribution in [-0.4, -0.2) is 53.5 Å². The van der Waals surface area contributed by atoms with Crippen LogP contribution >= 0.6 is 0 Å². The molecule has 0 unspecified atom stereocenters. The molecule has 1 N–H and O–H groups in total. The summed E-state index contributed by atoms with van der Waals surface area (Å²) in [5.74, 6) is 0.399. The highest BCUT2D eigenvalue weighted by molar-refractivity contribution is 5.92. The van der Waals surface area contributed by atoms with E-state index in [9.17, 15) is 4.79 Å². The highest BCUT2D eigenvalue weighted by atomic mass is 16.2. The van der Waals surface area contributed by atoms with Crippen molar-refractivity contribution in [2.45, 2.75) is 0 Å². The lowest BCUT2D eigenvalue weighted by atomic mass is 10.2. The molecule has 6 nitrogen and oxygen atoms in total. The maximum Gasteiger partial charge on any atom is 0.272 e. The first-order chi connectivity index (χ1) is 11.8. The highest BCUT2D eigenvalue weighted by Gasteiger charge is 2.23. The van der Waals surface area contributed by atoms with E-state index in [1.165, 1.54) is 5.69 Å². The van der Waals surface area contributed by atoms with Gasteiger partial charge in [-0.05, 0) is 18.2 Å². The fourth-order valence-corrected chi connectivity index (χ4v) is 2.69. The summed E-state index contributed by atoms with van der Waals surface area (Å²) in [6.07, 6.45) is 3.33. The molecule has 2 heterocycles. The Morgan fingerprint density at radius 3 is 2.62 bits per heavy atom. The molecule has 2 aromatic rings. The molecule has 0 aliphatic carbocycles. The van der Waals surface area contributed by atoms with Crippen LogP contribution in [0.1, 0.15) is 10.5 Å². The predicted molar refractivity (Wildman–Crippen MR) is 95.3 cm³/mol. The molecule has 1 fully saturated rings. The third-order valence-electron chi connectivity index (χ3n) is 3.97. The second-order valence-electron chi connectivity index (χ2n) is 5.55. The molecule has 0 spiro atoms. The van der Waals surface area contributed by atoms with Crippen LogP contribution in [0.2, 0.25) is 0 Å². The Hall–Kier alpha value is -2.89. The minimum Gasteiger partial charge on any atom is -0.368 e. The molecule has 24 heavy (non-hydrogen) atoms. The van der Waals surface area contributed by atoms with Crippen LogP contribution in [-0.2, 0) is 0 Å². The third-order valence-corrected chi connectivity index (χ3v) is 3.97. The van der Waals surface area contributed by atoms with Gasteiger partial charge in [0.05, 0.1) is 0 Å². The Morgan fingerprint density at radius 1 is 1.17 bits per heavy atom. The monoisotopic (exact) mass is 323 g/mol. The Morgan fingerprint density at radius 2 is 1.92 bits per heavy atom. The molecule has 3 rings (SSSR count). The average molecular weight is 323 g/mol. The van der Waals surface area contributed by atoms with Gasteiger partial charge in [-0.1, -0.05) is 24.3 Å². The molecule has 1 aromatic heterocycles. The molecule has 0 saturated carbocycles. The predicted octanol–water partition coefficient (Wildman–Crippen LogP) is 2.04. The normalized spacial score (nSPS) is 14.3. The first-order valence-electron chi connectivity index (χ1n) is 8.05. The van der Waals surface area contributed by atoms with E-state index >= 15 is 0 Å². The topological polar surface area (TPSA) is 61.4 Å². The minimum atomic E-state index is -0.0493. The van der Waals surface area contributed by atoms with Gasteiger partial charge >= 0.3 is 0 Å². The minimum absolute atomic E-state index is 0.0493. The molecular weight excluding hydrogens is 302 g/mol. The number of piperazine rings is 1. The van der Waals surface area contributed by atoms with Gasteiger partial charge < -0.3 is 15.1 Å². The number of para-hydroxylation sites is 1. The maximum atomic E-state index is 12.6. The molecule has 0 bridgehead atoms. The number of nitrogens with one attached hydrogen (secondary N) is 1. The zero-order chi connectivity index (χ0) is 16.8. The molecule has 1 aromatic carbocycles. The lowest BCUT2D eigenvalue weighted by Crippen LogP contribution is -2.49. The van der Waals surface area contributed by atoms with Crippen LogP contribution in [0.4, 0.5) is 11.6 Å². The molecule has 1 aliphatic rings. The number of aromatic nitrogens is 2. The van der Waals surface area contributed by atoms with Crippen molar-refractivity contribution >= 4 is 17.5 Å². The summed E-state index contributed by atoms with van der Waals surface area (Å²) < 4.78 is 0. The summed E-state index contributed by atoms with van der Waals surface area (Å²) in [5.41, 5.74) is 1.62. The Balaban J connectivity index is 1.62. The van der Waals surface area contributed by atoms with Gasteiger partial charge in [-0.25, -0.2) is 9.97 Å². The lowest BCUT2D eigenvalue weighted by molar-refractivity contribution is 0.0741. The second kappa shape index (κ2) is 7.59. The lowest BCUT2D eigenvalue weighted by Gasteiger charge is -2.36. The van der Waals surface area contributed by atoms with Gasteiger partial charge in [-0.15, -0.1) is 6.58 Å². The van der Waals surface area contributed by atoms with Gasteiger partial charge in [0, 0.05) is 44.6 Å². The fourth-order valence-electron chi connectivity index (χ4n) is 2.69. The largest absolute Gasteiger partial charge is 0.368 e. The molecule has 0 atom stereocenters. The summed E-state index contributed by atoms with van der Waals surface area (Å²) in [6.45, 7) is 7.22. The zero-order valence-corrected chi connectivity index (χ0v) is 13.6. The summed E-state index contributed by atoms with van der Waals surface area (Å²) >= 11 is 0. The van der Waals surface area contributed by atoms with Crippen molar-refractivity contribution in [3.05, 3.63) is 60.9 Å². The van der Waals surface area contributed by atoms with Crippen LogP contribution in [0, 0.1) is 0 Å². The average Bonchev–Trinajstić information content (AvgIpc) is 2.67. The number of hydrogen-bond acceptors (Lipinski definition) is 5. The maximum absolute atomic E-state index is 12.6. The van der Waals surface area contributed by atoms with Gasteiger partial charge in [0.2, 0.25) is 5.95 Å². The first kappa shape index (κ1) is 16.0. The van der Waals surface area contributed by atoms with E-state index in [4.69, 9.17) is 0 Å². The van der Waals surface area contributed by atoms with Gasteiger partial charge in [0.15, 0.2) is 0 Å². The number of benzene rings is 1. The Bertz CT molecular complexity index is 696. The van der Waals surface area contributed by atoms with Crippen molar-refractivity contribution in [1.29, 1.82) is 0 Å². The van der Waals surface area contributed by atoms with Crippen molar-refractivity contribution in [2.24, 2.45) is 0 Å². The molecular formula is C18H21N5O. The third kappa shape index (κ3) is 3.71. The second-order valence-corrected chi connectivity index (χ2v) is 5.55. The van der Waals surface area contributed by atoms with Crippen molar-refractivity contribution < 1.29 is 4.79 Å². The van der Waals surface area contributed by atoms with E-state index in [-0.39, 0.29) is 5.91 Å². The number of nitrogens with zero attached hydrogens (tertiary/aromatic N) is 4. The van der Waals surface area contributed by atoms with Crippen LogP contribution in [0.5, 0.6) is 0 Å². The van der Waals surface area contributed by atoms with Crippen LogP contribution in [0.25, 0.3) is 0 Å². The fraction of sp³-hybridized carbons (Fsp3) is 0.278. The zero-order valence-electron chi connectivity index (χ0n) is 13.6. The summed E-state index contributed by atoms with van der Waals surface area (Å²) in [5, 5.41) is 3.00. The van der Waals surface area contributed by atoms with E-state index in [0.717, 1.165) is 13.1 Å². The summed E-state index contributed by atoms with van der Waals surface area (Å²) in [7, 11) is 0. The van der Waals surface area contributed by atoms with Gasteiger partial charge in [0.1, 0.15) is 5.69 Å². The Labute approximate surface area is 141 Å². The van der Waals surface area contributed by atoms with Crippen molar-refractivity contribution in [2.75, 3.05) is 42.9 Å². The standard InChI is InChI=1S/C18H21N5O/c1-2-9-19-18-20-10-8-16(21-18)17(24)23-13-11-22(12-14-23)15-6-4-3-5-7-15/h2-8,10H,1,9,11-14H2,(H,19,20,21). The molecule has 6 heteroatoms. The number of carbonyl (C=O) groups excluding carboxylic acids is 1. The molecule has 1 amide bonds. The van der Waals surface area contributed by atoms with E-state index in [1.807, 2.05) is 23.1 Å². The van der Waals surface area contributed by atoms with Crippen molar-refractivity contribution in [1.82, 2.24) is 14.9 Å². The van der Waals surface area contributed by atoms with Crippen LogP contribution < -0.4 is 10.2 Å². The van der Waals surface area contributed by atoms with Crippen LogP contribution in [0.3, 0.4) is 0 Å². The number of hydrogen-bond donors (Lipinski definition) is 1. The van der Waals surface area contributed by atoms with Gasteiger partial charge in [-0.3, -0.25) is 4.79 Å². The van der Waals surface area contributed by atoms with Crippen LogP contribution in [0.15, 0.2) is 55.3 Å². The summed E-state index contributed by atoms with van der Waals surface area (Å²) in [6, 6.07) is 11.9. The molecule has 1 saturated heterocycles. The highest BCUT2D eigenvalue weighted by Crippen LogP contribution is 2.16. The van der Waals surface area contributed by atoms with E-state index < -0.39 is 0 Å². The molecule has 0 radical (unpaired) electrons. The number of anilines is 2. The molecule has 1 aliphatic heterocycles. The summed E-state index contributed by atoms with van der Waals surface area (Å²) in [4.78, 5) is 25.2. The van der Waals surface area contributed by atoms with Crippen molar-refractivity contribution in [3.63, 3.8) is 0 Å². The van der Waals surface area contributed by atoms with Crippen molar-refractivity contribution in [3.8, 4) is 0 Å². The van der Waals surface area contributed by atoms with Gasteiger partial charge in [-0.2, -0.15) is 0 Å². The van der Waals surface area contributed by atoms with E-state index in [2.05, 4.69) is 38.9 Å². The quantitative estimate of drug-likeness (QED) is 0.853. The van der Waals surface area contributed by atoms with Gasteiger partial charge in [0.25, 0.3) is 5.91 Å². The van der Waals surface area contributed by atoms with E-state index in [1.54, 1.807) is 18.3 Å². The number of amides is 1. The first-order valence-corrected chi connectivity index (χ1v) is 8.05. The SMILES string of the molecule is C=CCNc1nccc(C(=O)N2CCN(c3ccccc3)CC2)n1. The smallest absolute Gasteiger partial charge is 0.272 e. The number of carbonyl (C=O) groups is 1.